The average Bonchev–Trinajstić information content (AvgIpc) is 2.71. The predicted molar refractivity (Wildman–Crippen MR) is 84.2 cm³/mol. The third kappa shape index (κ3) is 5.40. The molecule has 22 heavy (non-hydrogen) atoms. The van der Waals surface area contributed by atoms with E-state index in [1.165, 1.54) is 0 Å². The van der Waals surface area contributed by atoms with Gasteiger partial charge in [0.05, 0.1) is 24.7 Å². The monoisotopic (exact) mass is 310 g/mol. The highest BCUT2D eigenvalue weighted by atomic mass is 16.4. The molecular formula is C17H26O5. The minimum atomic E-state index is -0.999. The van der Waals surface area contributed by atoms with Gasteiger partial charge in [0.1, 0.15) is 0 Å². The predicted octanol–water partition coefficient (Wildman–Crippen LogP) is 1.65. The number of rotatable bonds is 8. The summed E-state index contributed by atoms with van der Waals surface area (Å²) in [7, 11) is 0. The SMILES string of the molecule is C=CC(=CC)CCC(O)C=CC1C(O)CC(O)C1CC(=O)O. The summed E-state index contributed by atoms with van der Waals surface area (Å²) in [6.45, 7) is 5.60. The van der Waals surface area contributed by atoms with Crippen molar-refractivity contribution in [1.82, 2.24) is 0 Å². The molecule has 1 aliphatic rings. The minimum Gasteiger partial charge on any atom is -0.481 e. The van der Waals surface area contributed by atoms with Crippen molar-refractivity contribution in [3.8, 4) is 0 Å². The van der Waals surface area contributed by atoms with Gasteiger partial charge in [-0.05, 0) is 19.8 Å². The van der Waals surface area contributed by atoms with Crippen molar-refractivity contribution in [2.75, 3.05) is 0 Å². The smallest absolute Gasteiger partial charge is 0.303 e. The summed E-state index contributed by atoms with van der Waals surface area (Å²) in [5.41, 5.74) is 1.05. The second-order valence-corrected chi connectivity index (χ2v) is 5.77. The van der Waals surface area contributed by atoms with Gasteiger partial charge < -0.3 is 20.4 Å². The summed E-state index contributed by atoms with van der Waals surface area (Å²) in [6.07, 6.45) is 5.82. The molecule has 0 aromatic rings. The number of carboxylic acids is 1. The molecule has 0 bridgehead atoms. The van der Waals surface area contributed by atoms with Crippen LogP contribution in [0.4, 0.5) is 0 Å². The molecule has 5 atom stereocenters. The molecule has 0 aromatic heterocycles. The summed E-state index contributed by atoms with van der Waals surface area (Å²) in [5, 5.41) is 38.6. The Morgan fingerprint density at radius 2 is 2.05 bits per heavy atom. The van der Waals surface area contributed by atoms with E-state index in [0.29, 0.717) is 12.8 Å². The molecule has 0 aliphatic heterocycles. The fraction of sp³-hybridized carbons (Fsp3) is 0.588. The first kappa shape index (κ1) is 18.6. The average molecular weight is 310 g/mol. The summed E-state index contributed by atoms with van der Waals surface area (Å²) >= 11 is 0. The lowest BCUT2D eigenvalue weighted by Crippen LogP contribution is -2.23. The van der Waals surface area contributed by atoms with Gasteiger partial charge in [-0.1, -0.05) is 36.5 Å². The largest absolute Gasteiger partial charge is 0.481 e. The van der Waals surface area contributed by atoms with E-state index in [-0.39, 0.29) is 12.8 Å². The highest BCUT2D eigenvalue weighted by Gasteiger charge is 2.41. The van der Waals surface area contributed by atoms with Crippen LogP contribution in [0.1, 0.15) is 32.6 Å². The summed E-state index contributed by atoms with van der Waals surface area (Å²) in [4.78, 5) is 10.9. The topological polar surface area (TPSA) is 98.0 Å². The zero-order valence-corrected chi connectivity index (χ0v) is 12.9. The van der Waals surface area contributed by atoms with E-state index in [2.05, 4.69) is 6.58 Å². The fourth-order valence-electron chi connectivity index (χ4n) is 2.90. The Kier molecular flexibility index (Phi) is 7.51. The molecule has 124 valence electrons. The van der Waals surface area contributed by atoms with E-state index < -0.39 is 36.1 Å². The standard InChI is InChI=1S/C17H26O5/c1-3-11(4-2)5-6-12(18)7-8-13-14(9-17(21)22)16(20)10-15(13)19/h3-4,7-8,12-16,18-20H,1,5-6,9-10H2,2H3,(H,21,22). The molecule has 1 aliphatic carbocycles. The molecule has 0 heterocycles. The van der Waals surface area contributed by atoms with Gasteiger partial charge in [0.2, 0.25) is 0 Å². The zero-order chi connectivity index (χ0) is 16.7. The van der Waals surface area contributed by atoms with Gasteiger partial charge in [0, 0.05) is 18.3 Å². The Morgan fingerprint density at radius 1 is 1.36 bits per heavy atom. The first-order valence-electron chi connectivity index (χ1n) is 7.61. The molecule has 0 radical (unpaired) electrons. The summed E-state index contributed by atoms with van der Waals surface area (Å²) in [6, 6.07) is 0. The Bertz CT molecular complexity index is 440. The van der Waals surface area contributed by atoms with Crippen LogP contribution in [0.25, 0.3) is 0 Å². The lowest BCUT2D eigenvalue weighted by Gasteiger charge is -2.19. The molecular weight excluding hydrogens is 284 g/mol. The molecule has 4 N–H and O–H groups in total. The van der Waals surface area contributed by atoms with Gasteiger partial charge in [-0.15, -0.1) is 0 Å². The highest BCUT2D eigenvalue weighted by molar-refractivity contribution is 5.67. The molecule has 5 unspecified atom stereocenters. The summed E-state index contributed by atoms with van der Waals surface area (Å²) < 4.78 is 0. The first-order valence-corrected chi connectivity index (χ1v) is 7.61. The molecule has 0 saturated heterocycles. The van der Waals surface area contributed by atoms with Crippen LogP contribution in [-0.2, 0) is 4.79 Å². The van der Waals surface area contributed by atoms with Gasteiger partial charge in [-0.25, -0.2) is 0 Å². The van der Waals surface area contributed by atoms with Crippen LogP contribution in [-0.4, -0.2) is 44.7 Å². The number of aliphatic hydroxyl groups excluding tert-OH is 3. The van der Waals surface area contributed by atoms with Crippen molar-refractivity contribution in [2.45, 2.75) is 50.9 Å². The van der Waals surface area contributed by atoms with E-state index in [4.69, 9.17) is 5.11 Å². The lowest BCUT2D eigenvalue weighted by molar-refractivity contribution is -0.139. The number of carboxylic acid groups (broad SMARTS) is 1. The van der Waals surface area contributed by atoms with E-state index in [9.17, 15) is 20.1 Å². The van der Waals surface area contributed by atoms with Crippen molar-refractivity contribution in [2.24, 2.45) is 11.8 Å². The second kappa shape index (κ2) is 8.88. The molecule has 0 spiro atoms. The molecule has 0 amide bonds. The molecule has 5 nitrogen and oxygen atoms in total. The van der Waals surface area contributed by atoms with Gasteiger partial charge >= 0.3 is 5.97 Å². The van der Waals surface area contributed by atoms with E-state index in [0.717, 1.165) is 5.57 Å². The number of aliphatic carboxylic acids is 1. The van der Waals surface area contributed by atoms with Crippen molar-refractivity contribution in [1.29, 1.82) is 0 Å². The van der Waals surface area contributed by atoms with Crippen LogP contribution >= 0.6 is 0 Å². The Morgan fingerprint density at radius 3 is 2.59 bits per heavy atom. The first-order chi connectivity index (χ1) is 10.4. The van der Waals surface area contributed by atoms with Gasteiger partial charge in [0.25, 0.3) is 0 Å². The van der Waals surface area contributed by atoms with E-state index in [1.807, 2.05) is 13.0 Å². The Balaban J connectivity index is 2.61. The van der Waals surface area contributed by atoms with Crippen LogP contribution in [0, 0.1) is 11.8 Å². The van der Waals surface area contributed by atoms with Crippen molar-refractivity contribution < 1.29 is 25.2 Å². The van der Waals surface area contributed by atoms with Gasteiger partial charge in [0.15, 0.2) is 0 Å². The molecule has 5 heteroatoms. The van der Waals surface area contributed by atoms with Crippen LogP contribution in [0.15, 0.2) is 36.5 Å². The number of carbonyl (C=O) groups is 1. The maximum absolute atomic E-state index is 10.9. The summed E-state index contributed by atoms with van der Waals surface area (Å²) in [5.74, 6) is -1.96. The Hall–Kier alpha value is -1.43. The Labute approximate surface area is 131 Å². The zero-order valence-electron chi connectivity index (χ0n) is 12.9. The third-order valence-corrected chi connectivity index (χ3v) is 4.24. The van der Waals surface area contributed by atoms with Crippen molar-refractivity contribution >= 4 is 5.97 Å². The lowest BCUT2D eigenvalue weighted by atomic mass is 9.90. The van der Waals surface area contributed by atoms with Crippen LogP contribution in [0.3, 0.4) is 0 Å². The van der Waals surface area contributed by atoms with Crippen LogP contribution in [0.5, 0.6) is 0 Å². The van der Waals surface area contributed by atoms with Crippen molar-refractivity contribution in [3.05, 3.63) is 36.5 Å². The maximum atomic E-state index is 10.9. The molecule has 1 rings (SSSR count). The van der Waals surface area contributed by atoms with Gasteiger partial charge in [-0.2, -0.15) is 0 Å². The molecule has 0 aromatic carbocycles. The van der Waals surface area contributed by atoms with Crippen molar-refractivity contribution in [3.63, 3.8) is 0 Å². The van der Waals surface area contributed by atoms with Crippen LogP contribution in [0.2, 0.25) is 0 Å². The van der Waals surface area contributed by atoms with Crippen LogP contribution < -0.4 is 0 Å². The number of hydrogen-bond acceptors (Lipinski definition) is 4. The van der Waals surface area contributed by atoms with E-state index >= 15 is 0 Å². The molecule has 1 fully saturated rings. The number of hydrogen-bond donors (Lipinski definition) is 4. The number of aliphatic hydroxyl groups is 3. The highest BCUT2D eigenvalue weighted by Crippen LogP contribution is 2.36. The third-order valence-electron chi connectivity index (χ3n) is 4.24. The van der Waals surface area contributed by atoms with Gasteiger partial charge in [-0.3, -0.25) is 4.79 Å². The quantitative estimate of drug-likeness (QED) is 0.404. The number of allylic oxidation sites excluding steroid dienone is 3. The fourth-order valence-corrected chi connectivity index (χ4v) is 2.90. The minimum absolute atomic E-state index is 0.169. The second-order valence-electron chi connectivity index (χ2n) is 5.77. The normalized spacial score (nSPS) is 30.6. The molecule has 1 saturated carbocycles. The maximum Gasteiger partial charge on any atom is 0.303 e. The van der Waals surface area contributed by atoms with E-state index in [1.54, 1.807) is 18.2 Å².